The smallest absolute Gasteiger partial charge is 0.243 e. The van der Waals surface area contributed by atoms with E-state index in [2.05, 4.69) is 5.32 Å². The maximum absolute atomic E-state index is 12.8. The van der Waals surface area contributed by atoms with Crippen molar-refractivity contribution < 1.29 is 40.6 Å². The van der Waals surface area contributed by atoms with Crippen molar-refractivity contribution in [2.75, 3.05) is 67.3 Å². The molecule has 0 atom stereocenters. The summed E-state index contributed by atoms with van der Waals surface area (Å²) in [6, 6.07) is 10.2. The summed E-state index contributed by atoms with van der Waals surface area (Å²) in [7, 11) is -3.40. The summed E-state index contributed by atoms with van der Waals surface area (Å²) in [5.74, 6) is 0.561. The molecule has 0 saturated carbocycles. The molecule has 1 N–H and O–H groups in total. The number of nitrogens with zero attached hydrogens (tertiary/aromatic N) is 2. The van der Waals surface area contributed by atoms with E-state index < -0.39 is 32.5 Å². The summed E-state index contributed by atoms with van der Waals surface area (Å²) >= 11 is 0. The van der Waals surface area contributed by atoms with Gasteiger partial charge in [-0.05, 0) is 36.4 Å². The van der Waals surface area contributed by atoms with Crippen LogP contribution in [0.1, 0.15) is 0 Å². The number of carbonyl (C=O) groups is 1. The Bertz CT molecular complexity index is 1280. The third kappa shape index (κ3) is 7.11. The van der Waals surface area contributed by atoms with Crippen LogP contribution in [0.5, 0.6) is 17.2 Å². The van der Waals surface area contributed by atoms with E-state index in [0.29, 0.717) is 37.8 Å². The molecule has 204 valence electrons. The predicted molar refractivity (Wildman–Crippen MR) is 134 cm³/mol. The van der Waals surface area contributed by atoms with E-state index in [9.17, 15) is 21.6 Å². The quantitative estimate of drug-likeness (QED) is 0.370. The fraction of sp³-hybridized carbons (Fsp3) is 0.435. The van der Waals surface area contributed by atoms with Gasteiger partial charge < -0.3 is 24.3 Å². The molecule has 37 heavy (non-hydrogen) atoms. The molecule has 0 spiro atoms. The highest BCUT2D eigenvalue weighted by atomic mass is 32.2. The van der Waals surface area contributed by atoms with E-state index in [0.717, 1.165) is 4.31 Å². The second-order valence-corrected chi connectivity index (χ2v) is 11.9. The number of benzene rings is 2. The van der Waals surface area contributed by atoms with Crippen LogP contribution in [0, 0.1) is 0 Å². The Labute approximate surface area is 217 Å². The molecule has 1 aliphatic heterocycles. The van der Waals surface area contributed by atoms with E-state index in [4.69, 9.17) is 18.9 Å². The Balaban J connectivity index is 1.47. The van der Waals surface area contributed by atoms with Crippen LogP contribution < -0.4 is 19.5 Å². The highest BCUT2D eigenvalue weighted by Gasteiger charge is 2.26. The maximum Gasteiger partial charge on any atom is 0.243 e. The third-order valence-electron chi connectivity index (χ3n) is 5.55. The van der Waals surface area contributed by atoms with Crippen LogP contribution in [0.3, 0.4) is 0 Å². The summed E-state index contributed by atoms with van der Waals surface area (Å²) in [6.45, 7) is 1.18. The Morgan fingerprint density at radius 2 is 1.59 bits per heavy atom. The summed E-state index contributed by atoms with van der Waals surface area (Å²) < 4.78 is 74.3. The van der Waals surface area contributed by atoms with Crippen LogP contribution in [0.4, 0.5) is 0 Å². The second-order valence-electron chi connectivity index (χ2n) is 7.96. The van der Waals surface area contributed by atoms with Crippen LogP contribution in [-0.2, 0) is 29.6 Å². The molecule has 2 aromatic carbocycles. The molecule has 0 unspecified atom stereocenters. The minimum absolute atomic E-state index is 0.0390. The normalized spacial score (nSPS) is 14.8. The van der Waals surface area contributed by atoms with Gasteiger partial charge in [-0.1, -0.05) is 0 Å². The first-order valence-electron chi connectivity index (χ1n) is 11.4. The zero-order valence-electron chi connectivity index (χ0n) is 20.9. The molecule has 14 heteroatoms. The van der Waals surface area contributed by atoms with Gasteiger partial charge in [0.1, 0.15) is 12.4 Å². The fourth-order valence-electron chi connectivity index (χ4n) is 3.50. The van der Waals surface area contributed by atoms with Crippen LogP contribution in [0.25, 0.3) is 0 Å². The van der Waals surface area contributed by atoms with Crippen molar-refractivity contribution in [3.63, 3.8) is 0 Å². The Hall–Kier alpha value is -2.91. The van der Waals surface area contributed by atoms with Crippen molar-refractivity contribution in [3.8, 4) is 17.2 Å². The molecule has 0 aromatic heterocycles. The molecule has 1 heterocycles. The molecule has 0 radical (unpaired) electrons. The molecule has 1 aliphatic rings. The van der Waals surface area contributed by atoms with Gasteiger partial charge in [0.25, 0.3) is 0 Å². The lowest BCUT2D eigenvalue weighted by Gasteiger charge is -2.26. The van der Waals surface area contributed by atoms with E-state index in [1.54, 1.807) is 12.1 Å². The van der Waals surface area contributed by atoms with Crippen LogP contribution >= 0.6 is 0 Å². The first-order valence-corrected chi connectivity index (χ1v) is 14.2. The van der Waals surface area contributed by atoms with Gasteiger partial charge in [0.15, 0.2) is 11.5 Å². The van der Waals surface area contributed by atoms with Crippen molar-refractivity contribution in [1.29, 1.82) is 0 Å². The van der Waals surface area contributed by atoms with Crippen molar-refractivity contribution in [2.24, 2.45) is 0 Å². The molecule has 3 rings (SSSR count). The molecular formula is C23H31N3O9S2. The highest BCUT2D eigenvalue weighted by molar-refractivity contribution is 7.89. The molecule has 1 amide bonds. The standard InChI is InChI=1S/C23H31N3O9S2/c1-25(36(28,29)20-8-9-21(32-2)22(16-20)33-3)17-23(27)24-10-13-35-18-4-6-19(7-5-18)37(30,31)26-11-14-34-15-12-26/h4-9,16H,10-15,17H2,1-3H3,(H,24,27). The lowest BCUT2D eigenvalue weighted by atomic mass is 10.3. The Kier molecular flexibility index (Phi) is 9.73. The van der Waals surface area contributed by atoms with Gasteiger partial charge in [-0.25, -0.2) is 16.8 Å². The summed E-state index contributed by atoms with van der Waals surface area (Å²) in [6.07, 6.45) is 0. The number of rotatable bonds is 12. The number of likely N-dealkylation sites (N-methyl/N-ethyl adjacent to an activating group) is 1. The molecule has 1 fully saturated rings. The first-order chi connectivity index (χ1) is 17.6. The average molecular weight is 558 g/mol. The van der Waals surface area contributed by atoms with Gasteiger partial charge >= 0.3 is 0 Å². The first kappa shape index (κ1) is 28.7. The zero-order chi connectivity index (χ0) is 27.1. The molecule has 0 aliphatic carbocycles. The highest BCUT2D eigenvalue weighted by Crippen LogP contribution is 2.30. The van der Waals surface area contributed by atoms with E-state index in [-0.39, 0.29) is 28.7 Å². The van der Waals surface area contributed by atoms with Crippen LogP contribution in [-0.4, -0.2) is 98.6 Å². The monoisotopic (exact) mass is 557 g/mol. The lowest BCUT2D eigenvalue weighted by Crippen LogP contribution is -2.40. The molecule has 12 nitrogen and oxygen atoms in total. The number of carbonyl (C=O) groups excluding carboxylic acids is 1. The fourth-order valence-corrected chi connectivity index (χ4v) is 6.05. The largest absolute Gasteiger partial charge is 0.493 e. The summed E-state index contributed by atoms with van der Waals surface area (Å²) in [4.78, 5) is 12.4. The van der Waals surface area contributed by atoms with Gasteiger partial charge in [0, 0.05) is 26.2 Å². The van der Waals surface area contributed by atoms with E-state index >= 15 is 0 Å². The van der Waals surface area contributed by atoms with Gasteiger partial charge in [-0.3, -0.25) is 4.79 Å². The van der Waals surface area contributed by atoms with Gasteiger partial charge in [-0.15, -0.1) is 0 Å². The number of morpholine rings is 1. The molecule has 1 saturated heterocycles. The average Bonchev–Trinajstić information content (AvgIpc) is 2.91. The number of hydrogen-bond acceptors (Lipinski definition) is 9. The number of hydrogen-bond donors (Lipinski definition) is 1. The molecular weight excluding hydrogens is 526 g/mol. The van der Waals surface area contributed by atoms with E-state index in [1.807, 2.05) is 0 Å². The molecule has 0 bridgehead atoms. The molecule has 2 aromatic rings. The van der Waals surface area contributed by atoms with Gasteiger partial charge in [-0.2, -0.15) is 8.61 Å². The SMILES string of the molecule is COc1ccc(S(=O)(=O)N(C)CC(=O)NCCOc2ccc(S(=O)(=O)N3CCOCC3)cc2)cc1OC. The number of ether oxygens (including phenoxy) is 4. The summed E-state index contributed by atoms with van der Waals surface area (Å²) in [5.41, 5.74) is 0. The van der Waals surface area contributed by atoms with Gasteiger partial charge in [0.05, 0.1) is 50.3 Å². The van der Waals surface area contributed by atoms with Crippen LogP contribution in [0.15, 0.2) is 52.3 Å². The maximum atomic E-state index is 12.8. The topological polar surface area (TPSA) is 141 Å². The van der Waals surface area contributed by atoms with Crippen molar-refractivity contribution >= 4 is 26.0 Å². The lowest BCUT2D eigenvalue weighted by molar-refractivity contribution is -0.121. The van der Waals surface area contributed by atoms with Crippen molar-refractivity contribution in [2.45, 2.75) is 9.79 Å². The minimum Gasteiger partial charge on any atom is -0.493 e. The second kappa shape index (κ2) is 12.6. The third-order valence-corrected chi connectivity index (χ3v) is 9.27. The van der Waals surface area contributed by atoms with E-state index in [1.165, 1.54) is 55.9 Å². The Morgan fingerprint density at radius 3 is 2.22 bits per heavy atom. The number of methoxy groups -OCH3 is 2. The number of nitrogens with one attached hydrogen (secondary N) is 1. The zero-order valence-corrected chi connectivity index (χ0v) is 22.5. The predicted octanol–water partition coefficient (Wildman–Crippen LogP) is 0.540. The van der Waals surface area contributed by atoms with Gasteiger partial charge in [0.2, 0.25) is 26.0 Å². The Morgan fingerprint density at radius 1 is 0.973 bits per heavy atom. The minimum atomic E-state index is -3.94. The number of amides is 1. The van der Waals surface area contributed by atoms with Crippen LogP contribution in [0.2, 0.25) is 0 Å². The van der Waals surface area contributed by atoms with Crippen molar-refractivity contribution in [1.82, 2.24) is 13.9 Å². The van der Waals surface area contributed by atoms with Crippen molar-refractivity contribution in [3.05, 3.63) is 42.5 Å². The number of sulfonamides is 2. The summed E-state index contributed by atoms with van der Waals surface area (Å²) in [5, 5.41) is 2.60.